The molecule has 0 unspecified atom stereocenters. The second kappa shape index (κ2) is 9.09. The fourth-order valence-corrected chi connectivity index (χ4v) is 0. The quantitative estimate of drug-likeness (QED) is 0.169. The van der Waals surface area contributed by atoms with Crippen LogP contribution in [0.4, 0.5) is 0 Å². The van der Waals surface area contributed by atoms with Gasteiger partial charge in [0.1, 0.15) is 0 Å². The van der Waals surface area contributed by atoms with Crippen LogP contribution in [-0.2, 0) is 0 Å². The molecule has 0 rings (SSSR count). The van der Waals surface area contributed by atoms with Crippen LogP contribution in [0.1, 0.15) is 0 Å². The molecule has 0 bridgehead atoms. The van der Waals surface area contributed by atoms with Crippen molar-refractivity contribution in [3.63, 3.8) is 0 Å². The van der Waals surface area contributed by atoms with Crippen LogP contribution in [0.25, 0.3) is 0 Å². The van der Waals surface area contributed by atoms with E-state index < -0.39 is 0 Å². The molecule has 0 spiro atoms. The van der Waals surface area contributed by atoms with Crippen LogP contribution in [0.15, 0.2) is 5.29 Å². The summed E-state index contributed by atoms with van der Waals surface area (Å²) < 4.78 is 0. The van der Waals surface area contributed by atoms with E-state index in [0.29, 0.717) is 0 Å². The molecule has 4 nitrogen and oxygen atoms in total. The highest BCUT2D eigenvalue weighted by Gasteiger charge is 1.40. The summed E-state index contributed by atoms with van der Waals surface area (Å²) in [5.74, 6) is 4.30. The summed E-state index contributed by atoms with van der Waals surface area (Å²) in [5.41, 5.74) is 1.50. The van der Waals surface area contributed by atoms with Gasteiger partial charge in [-0.15, -0.1) is 4.91 Å². The van der Waals surface area contributed by atoms with Gasteiger partial charge in [0.05, 0.1) is 5.29 Å². The van der Waals surface area contributed by atoms with Crippen molar-refractivity contribution in [2.24, 2.45) is 11.1 Å². The fourth-order valence-electron chi connectivity index (χ4n) is 0. The molecule has 5 heteroatoms. The van der Waals surface area contributed by atoms with E-state index in [2.05, 4.69) is 5.84 Å². The number of hydrogen-bond acceptors (Lipinski definition) is 3. The Morgan fingerprint density at radius 2 is 2.00 bits per heavy atom. The fraction of sp³-hybridized carbons (Fsp3) is 0. The second-order valence-corrected chi connectivity index (χ2v) is 0.220. The van der Waals surface area contributed by atoms with Gasteiger partial charge in [0, 0.05) is 0 Å². The van der Waals surface area contributed by atoms with Crippen LogP contribution in [0.5, 0.6) is 0 Å². The van der Waals surface area contributed by atoms with Gasteiger partial charge in [-0.05, 0) is 0 Å². The first-order chi connectivity index (χ1) is 1.91. The van der Waals surface area contributed by atoms with E-state index in [1.165, 1.54) is 5.53 Å². The minimum atomic E-state index is 0. The smallest absolute Gasteiger partial charge is 0.187 e. The van der Waals surface area contributed by atoms with Gasteiger partial charge in [-0.2, -0.15) is 0 Å². The summed E-state index contributed by atoms with van der Waals surface area (Å²) >= 11 is 0. The SMILES string of the molecule is NNN=O.[AlH3]. The molecule has 0 heterocycles. The maximum atomic E-state index is 8.69. The van der Waals surface area contributed by atoms with E-state index in [-0.39, 0.29) is 17.4 Å². The van der Waals surface area contributed by atoms with Crippen LogP contribution in [-0.4, -0.2) is 17.4 Å². The Hall–Kier alpha value is -0.108. The van der Waals surface area contributed by atoms with E-state index in [0.717, 1.165) is 0 Å². The maximum Gasteiger partial charge on any atom is 0.187 e. The molecule has 5 heavy (non-hydrogen) atoms. The molecule has 0 aromatic carbocycles. The molecule has 0 saturated heterocycles. The number of nitrogens with zero attached hydrogens (tertiary/aromatic N) is 1. The summed E-state index contributed by atoms with van der Waals surface area (Å²) in [6.07, 6.45) is 0. The first-order valence-electron chi connectivity index (χ1n) is 0.695. The highest BCUT2D eigenvalue weighted by atomic mass is 27.0. The summed E-state index contributed by atoms with van der Waals surface area (Å²) in [5, 5.41) is 2.01. The molecule has 0 saturated carbocycles. The number of nitrogens with one attached hydrogen (secondary N) is 1. The van der Waals surface area contributed by atoms with Gasteiger partial charge in [0.25, 0.3) is 0 Å². The van der Waals surface area contributed by atoms with Gasteiger partial charge >= 0.3 is 0 Å². The molecule has 0 atom stereocenters. The lowest BCUT2D eigenvalue weighted by atomic mass is 12.6. The molecule has 0 aliphatic heterocycles. The van der Waals surface area contributed by atoms with Crippen molar-refractivity contribution in [2.45, 2.75) is 0 Å². The van der Waals surface area contributed by atoms with Gasteiger partial charge in [-0.3, -0.25) is 0 Å². The average Bonchev–Trinajstić information content (AvgIpc) is 1.37. The Morgan fingerprint density at radius 3 is 2.00 bits per heavy atom. The minimum absolute atomic E-state index is 0. The lowest BCUT2D eigenvalue weighted by molar-refractivity contribution is 0.796. The van der Waals surface area contributed by atoms with E-state index >= 15 is 0 Å². The molecule has 0 radical (unpaired) electrons. The minimum Gasteiger partial charge on any atom is -0.231 e. The summed E-state index contributed by atoms with van der Waals surface area (Å²) in [6, 6.07) is 0. The van der Waals surface area contributed by atoms with Crippen LogP contribution in [0.3, 0.4) is 0 Å². The average molecular weight is 91.1 g/mol. The van der Waals surface area contributed by atoms with Crippen molar-refractivity contribution in [2.75, 3.05) is 0 Å². The van der Waals surface area contributed by atoms with Crippen molar-refractivity contribution in [1.82, 2.24) is 5.53 Å². The van der Waals surface area contributed by atoms with Crippen LogP contribution >= 0.6 is 0 Å². The van der Waals surface area contributed by atoms with Crippen LogP contribution < -0.4 is 11.4 Å². The van der Waals surface area contributed by atoms with Crippen LogP contribution in [0.2, 0.25) is 0 Å². The summed E-state index contributed by atoms with van der Waals surface area (Å²) in [6.45, 7) is 0. The lowest BCUT2D eigenvalue weighted by Gasteiger charge is -1.64. The number of hydrazine groups is 1. The lowest BCUT2D eigenvalue weighted by Crippen LogP contribution is -2.11. The number of nitroso groups, excluding NO2 is 1. The van der Waals surface area contributed by atoms with Gasteiger partial charge in [-0.25, -0.2) is 11.4 Å². The Morgan fingerprint density at radius 1 is 1.80 bits per heavy atom. The standard InChI is InChI=1S/Al.H3N3O.3H/c;1-2-3-4;;;/h;(H2,1,3)(H,2,4);;;. The predicted octanol–water partition coefficient (Wildman–Crippen LogP) is -2.05. The molecule has 0 amide bonds. The van der Waals surface area contributed by atoms with Gasteiger partial charge < -0.3 is 0 Å². The Labute approximate surface area is 39.8 Å². The molecule has 30 valence electrons. The van der Waals surface area contributed by atoms with Crippen molar-refractivity contribution in [3.8, 4) is 0 Å². The monoisotopic (exact) mass is 91.0 g/mol. The highest BCUT2D eigenvalue weighted by Crippen LogP contribution is 1.25. The van der Waals surface area contributed by atoms with E-state index in [9.17, 15) is 0 Å². The zero-order valence-electron chi connectivity index (χ0n) is 1.93. The van der Waals surface area contributed by atoms with Crippen molar-refractivity contribution in [3.05, 3.63) is 4.91 Å². The van der Waals surface area contributed by atoms with Crippen molar-refractivity contribution < 1.29 is 0 Å². The Balaban J connectivity index is 0. The molecule has 0 aromatic heterocycles. The van der Waals surface area contributed by atoms with Gasteiger partial charge in [-0.1, -0.05) is 0 Å². The third-order valence-electron chi connectivity index (χ3n) is 0.0527. The molecule has 0 fully saturated rings. The van der Waals surface area contributed by atoms with E-state index in [1.54, 1.807) is 0 Å². The van der Waals surface area contributed by atoms with Crippen molar-refractivity contribution in [1.29, 1.82) is 0 Å². The first kappa shape index (κ1) is 8.86. The first-order valence-corrected chi connectivity index (χ1v) is 0.695. The Kier molecular flexibility index (Phi) is 16.1. The van der Waals surface area contributed by atoms with Crippen LogP contribution in [0, 0.1) is 4.91 Å². The zero-order chi connectivity index (χ0) is 3.41. The summed E-state index contributed by atoms with van der Waals surface area (Å²) in [4.78, 5) is 8.69. The number of rotatable bonds is 1. The zero-order valence-corrected chi connectivity index (χ0v) is 1.93. The third-order valence-corrected chi connectivity index (χ3v) is 0.0527. The molecular formula is H6AlN3O. The van der Waals surface area contributed by atoms with E-state index in [4.69, 9.17) is 4.91 Å². The number of hydrogen-bond donors (Lipinski definition) is 2. The molecule has 0 aromatic rings. The van der Waals surface area contributed by atoms with Gasteiger partial charge in [0.15, 0.2) is 17.4 Å². The topological polar surface area (TPSA) is 67.5 Å². The Bertz CT molecular complexity index is 20.9. The highest BCUT2D eigenvalue weighted by molar-refractivity contribution is 5.75. The molecule has 0 aliphatic carbocycles. The maximum absolute atomic E-state index is 8.69. The molecule has 3 N–H and O–H groups in total. The third kappa shape index (κ3) is 17.5. The largest absolute Gasteiger partial charge is 0.231 e. The predicted molar refractivity (Wildman–Crippen MR) is 23.1 cm³/mol. The van der Waals surface area contributed by atoms with Crippen molar-refractivity contribution >= 4 is 17.4 Å². The second-order valence-electron chi connectivity index (χ2n) is 0.220. The molecule has 0 aliphatic rings. The molecular weight excluding hydrogens is 85.0 g/mol. The number of nitrogens with two attached hydrogens (primary N) is 1. The normalized spacial score (nSPS) is 4.20. The summed E-state index contributed by atoms with van der Waals surface area (Å²) in [7, 11) is 0. The van der Waals surface area contributed by atoms with Gasteiger partial charge in [0.2, 0.25) is 0 Å². The van der Waals surface area contributed by atoms with E-state index in [1.807, 2.05) is 5.29 Å².